The number of amides is 1. The summed E-state index contributed by atoms with van der Waals surface area (Å²) in [4.78, 5) is 14.0. The number of fused-ring (bicyclic) bond motifs is 2. The van der Waals surface area contributed by atoms with Gasteiger partial charge in [-0.1, -0.05) is 18.2 Å². The molecule has 5 heteroatoms. The van der Waals surface area contributed by atoms with Crippen LogP contribution in [0.4, 0.5) is 5.00 Å². The molecule has 1 unspecified atom stereocenters. The predicted octanol–water partition coefficient (Wildman–Crippen LogP) is 3.61. The second-order valence-electron chi connectivity index (χ2n) is 5.89. The summed E-state index contributed by atoms with van der Waals surface area (Å²) < 4.78 is 5.62. The highest BCUT2D eigenvalue weighted by Crippen LogP contribution is 2.40. The Balaban J connectivity index is 1.62. The summed E-state index contributed by atoms with van der Waals surface area (Å²) in [5.74, 6) is 0.522. The molecule has 0 fully saturated rings. The van der Waals surface area contributed by atoms with Crippen LogP contribution < -0.4 is 10.1 Å². The number of thiophene rings is 1. The van der Waals surface area contributed by atoms with Gasteiger partial charge >= 0.3 is 0 Å². The smallest absolute Gasteiger partial charge is 0.232 e. The van der Waals surface area contributed by atoms with E-state index in [9.17, 15) is 10.1 Å². The zero-order valence-corrected chi connectivity index (χ0v) is 13.4. The van der Waals surface area contributed by atoms with E-state index in [0.29, 0.717) is 23.6 Å². The van der Waals surface area contributed by atoms with Gasteiger partial charge in [-0.25, -0.2) is 0 Å². The summed E-state index contributed by atoms with van der Waals surface area (Å²) in [6, 6.07) is 9.95. The van der Waals surface area contributed by atoms with Gasteiger partial charge in [0.1, 0.15) is 16.8 Å². The Kier molecular flexibility index (Phi) is 3.55. The van der Waals surface area contributed by atoms with Gasteiger partial charge in [0.05, 0.1) is 18.1 Å². The Bertz CT molecular complexity index is 819. The average Bonchev–Trinajstić information content (AvgIpc) is 3.14. The third-order valence-electron chi connectivity index (χ3n) is 4.54. The van der Waals surface area contributed by atoms with Gasteiger partial charge in [0.25, 0.3) is 0 Å². The second-order valence-corrected chi connectivity index (χ2v) is 7.00. The molecule has 0 radical (unpaired) electrons. The molecule has 1 atom stereocenters. The monoisotopic (exact) mass is 324 g/mol. The van der Waals surface area contributed by atoms with Crippen LogP contribution in [0.1, 0.15) is 40.3 Å². The summed E-state index contributed by atoms with van der Waals surface area (Å²) in [7, 11) is 0. The van der Waals surface area contributed by atoms with Crippen LogP contribution in [0, 0.1) is 11.3 Å². The van der Waals surface area contributed by atoms with Crippen molar-refractivity contribution in [3.05, 3.63) is 45.8 Å². The van der Waals surface area contributed by atoms with Crippen LogP contribution in [0.3, 0.4) is 0 Å². The number of hydrogen-bond donors (Lipinski definition) is 1. The molecule has 1 aliphatic carbocycles. The van der Waals surface area contributed by atoms with E-state index in [1.165, 1.54) is 4.88 Å². The van der Waals surface area contributed by atoms with E-state index in [0.717, 1.165) is 36.1 Å². The Morgan fingerprint density at radius 3 is 3.09 bits per heavy atom. The highest BCUT2D eigenvalue weighted by atomic mass is 32.1. The van der Waals surface area contributed by atoms with Gasteiger partial charge in [-0.05, 0) is 37.3 Å². The van der Waals surface area contributed by atoms with Crippen LogP contribution in [0.2, 0.25) is 0 Å². The summed E-state index contributed by atoms with van der Waals surface area (Å²) in [6.45, 7) is 0.543. The molecule has 1 amide bonds. The van der Waals surface area contributed by atoms with E-state index in [1.54, 1.807) is 11.3 Å². The zero-order valence-electron chi connectivity index (χ0n) is 12.6. The maximum atomic E-state index is 12.8. The summed E-state index contributed by atoms with van der Waals surface area (Å²) >= 11 is 1.56. The van der Waals surface area contributed by atoms with Crippen molar-refractivity contribution in [3.63, 3.8) is 0 Å². The zero-order chi connectivity index (χ0) is 15.8. The van der Waals surface area contributed by atoms with Gasteiger partial charge in [0.2, 0.25) is 5.91 Å². The van der Waals surface area contributed by atoms with Crippen LogP contribution in [-0.2, 0) is 17.6 Å². The molecule has 2 aliphatic rings. The van der Waals surface area contributed by atoms with Crippen LogP contribution in [0.15, 0.2) is 24.3 Å². The molecule has 1 aromatic carbocycles. The first-order valence-electron chi connectivity index (χ1n) is 7.85. The number of nitrogens with one attached hydrogen (secondary N) is 1. The molecule has 2 heterocycles. The van der Waals surface area contributed by atoms with Crippen molar-refractivity contribution in [2.45, 2.75) is 31.6 Å². The number of rotatable bonds is 2. The maximum absolute atomic E-state index is 12.8. The predicted molar refractivity (Wildman–Crippen MR) is 89.0 cm³/mol. The minimum absolute atomic E-state index is 0.0443. The molecule has 116 valence electrons. The van der Waals surface area contributed by atoms with Crippen molar-refractivity contribution in [2.75, 3.05) is 11.9 Å². The van der Waals surface area contributed by atoms with Crippen molar-refractivity contribution >= 4 is 22.2 Å². The quantitative estimate of drug-likeness (QED) is 0.918. The molecule has 0 saturated heterocycles. The third-order valence-corrected chi connectivity index (χ3v) is 5.75. The number of para-hydroxylation sites is 1. The molecular formula is C18H16N2O2S. The normalized spacial score (nSPS) is 18.5. The SMILES string of the molecule is N#Cc1c(NC(=O)C2CCOc3ccccc32)sc2c1CCC2. The van der Waals surface area contributed by atoms with Gasteiger partial charge in [-0.15, -0.1) is 11.3 Å². The fourth-order valence-corrected chi connectivity index (χ4v) is 4.67. The van der Waals surface area contributed by atoms with Gasteiger partial charge in [-0.3, -0.25) is 4.79 Å². The van der Waals surface area contributed by atoms with Crippen molar-refractivity contribution in [1.82, 2.24) is 0 Å². The van der Waals surface area contributed by atoms with Crippen molar-refractivity contribution < 1.29 is 9.53 Å². The van der Waals surface area contributed by atoms with Gasteiger partial charge in [0.15, 0.2) is 0 Å². The number of hydrogen-bond acceptors (Lipinski definition) is 4. The molecule has 23 heavy (non-hydrogen) atoms. The van der Waals surface area contributed by atoms with Crippen molar-refractivity contribution in [2.24, 2.45) is 0 Å². The lowest BCUT2D eigenvalue weighted by Crippen LogP contribution is -2.26. The van der Waals surface area contributed by atoms with E-state index in [1.807, 2.05) is 24.3 Å². The van der Waals surface area contributed by atoms with Crippen molar-refractivity contribution in [3.8, 4) is 11.8 Å². The maximum Gasteiger partial charge on any atom is 0.232 e. The molecule has 4 nitrogen and oxygen atoms in total. The highest BCUT2D eigenvalue weighted by molar-refractivity contribution is 7.16. The number of ether oxygens (including phenoxy) is 1. The fourth-order valence-electron chi connectivity index (χ4n) is 3.42. The highest BCUT2D eigenvalue weighted by Gasteiger charge is 2.29. The lowest BCUT2D eigenvalue weighted by Gasteiger charge is -2.24. The number of anilines is 1. The van der Waals surface area contributed by atoms with Gasteiger partial charge in [0, 0.05) is 10.4 Å². The number of nitriles is 1. The van der Waals surface area contributed by atoms with Crippen molar-refractivity contribution in [1.29, 1.82) is 5.26 Å². The Morgan fingerprint density at radius 2 is 2.22 bits per heavy atom. The summed E-state index contributed by atoms with van der Waals surface area (Å²) in [6.07, 6.45) is 3.74. The molecule has 1 aliphatic heterocycles. The molecular weight excluding hydrogens is 308 g/mol. The number of carbonyl (C=O) groups excluding carboxylic acids is 1. The first-order valence-corrected chi connectivity index (χ1v) is 8.67. The standard InChI is InChI=1S/C18H16N2O2S/c19-10-14-12-5-3-7-16(12)23-18(14)20-17(21)13-8-9-22-15-6-2-1-4-11(13)15/h1-2,4,6,13H,3,5,7-9H2,(H,20,21). The second kappa shape index (κ2) is 5.71. The minimum Gasteiger partial charge on any atom is -0.493 e. The number of nitrogens with zero attached hydrogens (tertiary/aromatic N) is 1. The molecule has 2 aromatic rings. The van der Waals surface area contributed by atoms with E-state index in [-0.39, 0.29) is 11.8 Å². The third kappa shape index (κ3) is 2.40. The first-order chi connectivity index (χ1) is 11.3. The van der Waals surface area contributed by atoms with E-state index in [4.69, 9.17) is 4.74 Å². The first kappa shape index (κ1) is 14.3. The molecule has 0 spiro atoms. The molecule has 1 N–H and O–H groups in total. The van der Waals surface area contributed by atoms with E-state index in [2.05, 4.69) is 11.4 Å². The Morgan fingerprint density at radius 1 is 1.35 bits per heavy atom. The van der Waals surface area contributed by atoms with Gasteiger partial charge < -0.3 is 10.1 Å². The Labute approximate surface area is 138 Å². The lowest BCUT2D eigenvalue weighted by molar-refractivity contribution is -0.118. The lowest BCUT2D eigenvalue weighted by atomic mass is 9.92. The largest absolute Gasteiger partial charge is 0.493 e. The summed E-state index contributed by atoms with van der Waals surface area (Å²) in [5.41, 5.74) is 2.73. The van der Waals surface area contributed by atoms with Crippen LogP contribution in [0.5, 0.6) is 5.75 Å². The molecule has 0 saturated carbocycles. The van der Waals surface area contributed by atoms with Crippen LogP contribution >= 0.6 is 11.3 Å². The number of aryl methyl sites for hydroxylation is 1. The molecule has 1 aromatic heterocycles. The Hall–Kier alpha value is -2.32. The fraction of sp³-hybridized carbons (Fsp3) is 0.333. The number of benzene rings is 1. The van der Waals surface area contributed by atoms with Crippen LogP contribution in [0.25, 0.3) is 0 Å². The average molecular weight is 324 g/mol. The number of carbonyl (C=O) groups is 1. The van der Waals surface area contributed by atoms with E-state index < -0.39 is 0 Å². The van der Waals surface area contributed by atoms with Gasteiger partial charge in [-0.2, -0.15) is 5.26 Å². The van der Waals surface area contributed by atoms with Crippen LogP contribution in [-0.4, -0.2) is 12.5 Å². The molecule has 0 bridgehead atoms. The van der Waals surface area contributed by atoms with E-state index >= 15 is 0 Å². The molecule has 4 rings (SSSR count). The topological polar surface area (TPSA) is 62.1 Å². The minimum atomic E-state index is -0.219. The summed E-state index contributed by atoms with van der Waals surface area (Å²) in [5, 5.41) is 13.2.